The largest absolute Gasteiger partial charge is 0.381 e. The number of ether oxygens (including phenoxy) is 2. The van der Waals surface area contributed by atoms with E-state index in [2.05, 4.69) is 16.2 Å². The van der Waals surface area contributed by atoms with Crippen molar-refractivity contribution >= 4 is 0 Å². The van der Waals surface area contributed by atoms with E-state index >= 15 is 0 Å². The molecule has 1 aromatic carbocycles. The molecule has 1 saturated heterocycles. The summed E-state index contributed by atoms with van der Waals surface area (Å²) in [6.07, 6.45) is 1.41. The second kappa shape index (κ2) is 5.64. The van der Waals surface area contributed by atoms with Crippen LogP contribution in [0.1, 0.15) is 24.2 Å². The summed E-state index contributed by atoms with van der Waals surface area (Å²) in [5.74, 6) is 0.977. The number of nitrogens with zero attached hydrogens (tertiary/aromatic N) is 3. The van der Waals surface area contributed by atoms with E-state index in [0.29, 0.717) is 43.3 Å². The Labute approximate surface area is 122 Å². The molecule has 108 valence electrons. The molecule has 0 amide bonds. The molecule has 2 heterocycles. The van der Waals surface area contributed by atoms with Crippen LogP contribution in [0.15, 0.2) is 28.8 Å². The third-order valence-corrected chi connectivity index (χ3v) is 3.79. The number of benzene rings is 1. The first-order chi connectivity index (χ1) is 10.3. The van der Waals surface area contributed by atoms with Gasteiger partial charge in [0.1, 0.15) is 5.60 Å². The minimum absolute atomic E-state index is 0.428. The van der Waals surface area contributed by atoms with E-state index in [1.807, 2.05) is 0 Å². The van der Waals surface area contributed by atoms with E-state index in [9.17, 15) is 0 Å². The SMILES string of the molecule is COC1(c2noc(-c3ccc(C#N)cc3)n2)CCOCC1. The van der Waals surface area contributed by atoms with Crippen LogP contribution in [0.25, 0.3) is 11.5 Å². The fourth-order valence-electron chi connectivity index (χ4n) is 2.43. The van der Waals surface area contributed by atoms with Gasteiger partial charge in [-0.05, 0) is 24.3 Å². The molecule has 0 aliphatic carbocycles. The quantitative estimate of drug-likeness (QED) is 0.860. The zero-order valence-corrected chi connectivity index (χ0v) is 11.7. The van der Waals surface area contributed by atoms with Gasteiger partial charge in [0, 0.05) is 38.7 Å². The van der Waals surface area contributed by atoms with Crippen molar-refractivity contribution < 1.29 is 14.0 Å². The molecule has 0 unspecified atom stereocenters. The highest BCUT2D eigenvalue weighted by Crippen LogP contribution is 2.34. The number of rotatable bonds is 3. The van der Waals surface area contributed by atoms with E-state index < -0.39 is 5.60 Å². The van der Waals surface area contributed by atoms with Gasteiger partial charge in [-0.2, -0.15) is 10.2 Å². The highest BCUT2D eigenvalue weighted by molar-refractivity contribution is 5.54. The normalized spacial score (nSPS) is 17.3. The summed E-state index contributed by atoms with van der Waals surface area (Å²) in [4.78, 5) is 4.46. The van der Waals surface area contributed by atoms with Crippen LogP contribution >= 0.6 is 0 Å². The van der Waals surface area contributed by atoms with E-state index in [0.717, 1.165) is 5.56 Å². The van der Waals surface area contributed by atoms with Crippen LogP contribution in [0, 0.1) is 11.3 Å². The van der Waals surface area contributed by atoms with Crippen molar-refractivity contribution in [2.45, 2.75) is 18.4 Å². The summed E-state index contributed by atoms with van der Waals surface area (Å²) in [5.41, 5.74) is 0.842. The highest BCUT2D eigenvalue weighted by Gasteiger charge is 2.39. The van der Waals surface area contributed by atoms with Gasteiger partial charge in [-0.25, -0.2) is 0 Å². The topological polar surface area (TPSA) is 81.2 Å². The first-order valence-electron chi connectivity index (χ1n) is 6.75. The molecule has 6 nitrogen and oxygen atoms in total. The third kappa shape index (κ3) is 2.53. The summed E-state index contributed by atoms with van der Waals surface area (Å²) < 4.78 is 16.4. The van der Waals surface area contributed by atoms with Crippen LogP contribution in [-0.4, -0.2) is 30.5 Å². The summed E-state index contributed by atoms with van der Waals surface area (Å²) >= 11 is 0. The Hall–Kier alpha value is -2.23. The lowest BCUT2D eigenvalue weighted by Gasteiger charge is -2.32. The van der Waals surface area contributed by atoms with E-state index in [1.165, 1.54) is 0 Å². The van der Waals surface area contributed by atoms with Crippen molar-refractivity contribution in [1.82, 2.24) is 10.1 Å². The molecule has 0 spiro atoms. The van der Waals surface area contributed by atoms with E-state index in [-0.39, 0.29) is 0 Å². The maximum atomic E-state index is 8.81. The molecule has 1 aliphatic rings. The van der Waals surface area contributed by atoms with Gasteiger partial charge in [-0.15, -0.1) is 0 Å². The van der Waals surface area contributed by atoms with Crippen molar-refractivity contribution in [3.63, 3.8) is 0 Å². The molecule has 0 radical (unpaired) electrons. The van der Waals surface area contributed by atoms with Crippen LogP contribution in [0.2, 0.25) is 0 Å². The van der Waals surface area contributed by atoms with Gasteiger partial charge < -0.3 is 14.0 Å². The molecule has 0 N–H and O–H groups in total. The first-order valence-corrected chi connectivity index (χ1v) is 6.75. The van der Waals surface area contributed by atoms with Gasteiger partial charge in [-0.1, -0.05) is 5.16 Å². The van der Waals surface area contributed by atoms with Gasteiger partial charge in [0.25, 0.3) is 5.89 Å². The van der Waals surface area contributed by atoms with Gasteiger partial charge in [0.2, 0.25) is 5.82 Å². The van der Waals surface area contributed by atoms with Crippen molar-refractivity contribution in [3.8, 4) is 17.5 Å². The lowest BCUT2D eigenvalue weighted by atomic mass is 9.93. The third-order valence-electron chi connectivity index (χ3n) is 3.79. The van der Waals surface area contributed by atoms with Crippen molar-refractivity contribution in [2.24, 2.45) is 0 Å². The molecule has 0 bridgehead atoms. The molecule has 2 aromatic rings. The van der Waals surface area contributed by atoms with Gasteiger partial charge >= 0.3 is 0 Å². The average molecular weight is 285 g/mol. The molecule has 0 atom stereocenters. The van der Waals surface area contributed by atoms with Crippen molar-refractivity contribution in [1.29, 1.82) is 5.26 Å². The molecule has 6 heteroatoms. The highest BCUT2D eigenvalue weighted by atomic mass is 16.5. The second-order valence-corrected chi connectivity index (χ2v) is 4.92. The Morgan fingerprint density at radius 3 is 2.57 bits per heavy atom. The second-order valence-electron chi connectivity index (χ2n) is 4.92. The molecule has 0 saturated carbocycles. The van der Waals surface area contributed by atoms with E-state index in [4.69, 9.17) is 19.3 Å². The molecular formula is C15H15N3O3. The lowest BCUT2D eigenvalue weighted by molar-refractivity contribution is -0.101. The van der Waals surface area contributed by atoms with E-state index in [1.54, 1.807) is 31.4 Å². The number of hydrogen-bond acceptors (Lipinski definition) is 6. The Morgan fingerprint density at radius 1 is 1.24 bits per heavy atom. The average Bonchev–Trinajstić information content (AvgIpc) is 3.06. The summed E-state index contributed by atoms with van der Waals surface area (Å²) in [7, 11) is 1.66. The summed E-state index contributed by atoms with van der Waals surface area (Å²) in [6, 6.07) is 9.10. The smallest absolute Gasteiger partial charge is 0.258 e. The Kier molecular flexibility index (Phi) is 3.69. The zero-order chi connectivity index (χ0) is 14.7. The summed E-state index contributed by atoms with van der Waals surface area (Å²) in [5, 5.41) is 12.9. The van der Waals surface area contributed by atoms with Gasteiger partial charge in [0.05, 0.1) is 11.6 Å². The van der Waals surface area contributed by atoms with Crippen LogP contribution in [0.5, 0.6) is 0 Å². The molecule has 3 rings (SSSR count). The minimum atomic E-state index is -0.535. The predicted molar refractivity (Wildman–Crippen MR) is 73.2 cm³/mol. The Balaban J connectivity index is 1.90. The minimum Gasteiger partial charge on any atom is -0.381 e. The van der Waals surface area contributed by atoms with Crippen LogP contribution in [0.4, 0.5) is 0 Å². The molecule has 1 aliphatic heterocycles. The van der Waals surface area contributed by atoms with Crippen LogP contribution < -0.4 is 0 Å². The predicted octanol–water partition coefficient (Wildman–Crippen LogP) is 2.26. The number of aromatic nitrogens is 2. The van der Waals surface area contributed by atoms with Crippen molar-refractivity contribution in [2.75, 3.05) is 20.3 Å². The van der Waals surface area contributed by atoms with Gasteiger partial charge in [0.15, 0.2) is 0 Å². The Bertz CT molecular complexity index is 652. The fourth-order valence-corrected chi connectivity index (χ4v) is 2.43. The lowest BCUT2D eigenvalue weighted by Crippen LogP contribution is -2.36. The number of methoxy groups -OCH3 is 1. The van der Waals surface area contributed by atoms with Gasteiger partial charge in [-0.3, -0.25) is 0 Å². The van der Waals surface area contributed by atoms with Crippen LogP contribution in [-0.2, 0) is 15.1 Å². The standard InChI is InChI=1S/C15H15N3O3/c1-19-15(6-8-20-9-7-15)14-17-13(21-18-14)12-4-2-11(10-16)3-5-12/h2-5H,6-9H2,1H3. The fraction of sp³-hybridized carbons (Fsp3) is 0.400. The monoisotopic (exact) mass is 285 g/mol. The van der Waals surface area contributed by atoms with Crippen LogP contribution in [0.3, 0.4) is 0 Å². The Morgan fingerprint density at radius 2 is 1.95 bits per heavy atom. The molecular weight excluding hydrogens is 270 g/mol. The van der Waals surface area contributed by atoms with Crippen molar-refractivity contribution in [3.05, 3.63) is 35.7 Å². The molecule has 1 fully saturated rings. The number of hydrogen-bond donors (Lipinski definition) is 0. The maximum Gasteiger partial charge on any atom is 0.258 e. The number of nitriles is 1. The molecule has 21 heavy (non-hydrogen) atoms. The first kappa shape index (κ1) is 13.7. The summed E-state index contributed by atoms with van der Waals surface area (Å²) in [6.45, 7) is 1.24. The molecule has 1 aromatic heterocycles. The maximum absolute atomic E-state index is 8.81. The zero-order valence-electron chi connectivity index (χ0n) is 11.7.